The first-order valence-electron chi connectivity index (χ1n) is 12.8. The fraction of sp³-hybridized carbons (Fsp3) is 0.333. The lowest BCUT2D eigenvalue weighted by molar-refractivity contribution is 0.0924. The molecular weight excluding hydrogens is 448 g/mol. The van der Waals surface area contributed by atoms with E-state index in [0.717, 1.165) is 58.9 Å². The summed E-state index contributed by atoms with van der Waals surface area (Å²) in [5, 5.41) is 10.1. The molecule has 0 unspecified atom stereocenters. The maximum atomic E-state index is 13.4. The van der Waals surface area contributed by atoms with Gasteiger partial charge in [-0.25, -0.2) is 4.98 Å². The van der Waals surface area contributed by atoms with Crippen LogP contribution in [0.5, 0.6) is 5.75 Å². The number of para-hydroxylation sites is 1. The second-order valence-corrected chi connectivity index (χ2v) is 9.70. The van der Waals surface area contributed by atoms with E-state index in [-0.39, 0.29) is 11.9 Å². The number of rotatable bonds is 7. The van der Waals surface area contributed by atoms with Crippen LogP contribution in [0.2, 0.25) is 0 Å². The number of nitrogens with one attached hydrogen (secondary N) is 2. The van der Waals surface area contributed by atoms with Crippen molar-refractivity contribution < 1.29 is 9.53 Å². The fourth-order valence-electron chi connectivity index (χ4n) is 5.21. The Morgan fingerprint density at radius 3 is 2.39 bits per heavy atom. The van der Waals surface area contributed by atoms with Gasteiger partial charge in [-0.05, 0) is 55.5 Å². The Hall–Kier alpha value is -3.80. The molecular formula is C30H34N4O2. The van der Waals surface area contributed by atoms with Gasteiger partial charge in [0.2, 0.25) is 0 Å². The van der Waals surface area contributed by atoms with Gasteiger partial charge in [0.15, 0.2) is 0 Å². The largest absolute Gasteiger partial charge is 0.493 e. The zero-order valence-corrected chi connectivity index (χ0v) is 21.3. The smallest absolute Gasteiger partial charge is 0.255 e. The number of pyridine rings is 1. The van der Waals surface area contributed by atoms with E-state index in [2.05, 4.69) is 53.9 Å². The predicted octanol–water partition coefficient (Wildman–Crippen LogP) is 6.01. The van der Waals surface area contributed by atoms with E-state index in [1.165, 1.54) is 0 Å². The summed E-state index contributed by atoms with van der Waals surface area (Å²) in [5.74, 6) is 1.49. The van der Waals surface area contributed by atoms with Gasteiger partial charge in [0.1, 0.15) is 11.6 Å². The number of ether oxygens (including phenoxy) is 1. The summed E-state index contributed by atoms with van der Waals surface area (Å²) in [4.78, 5) is 20.4. The molecule has 6 nitrogen and oxygen atoms in total. The monoisotopic (exact) mass is 482 g/mol. The average molecular weight is 483 g/mol. The van der Waals surface area contributed by atoms with Crippen molar-refractivity contribution in [3.8, 4) is 5.75 Å². The van der Waals surface area contributed by atoms with E-state index >= 15 is 0 Å². The van der Waals surface area contributed by atoms with Crippen molar-refractivity contribution in [1.29, 1.82) is 0 Å². The number of amides is 1. The van der Waals surface area contributed by atoms with E-state index < -0.39 is 0 Å². The summed E-state index contributed by atoms with van der Waals surface area (Å²) in [7, 11) is 4.12. The van der Waals surface area contributed by atoms with Crippen molar-refractivity contribution in [3.63, 3.8) is 0 Å². The molecule has 0 radical (unpaired) electrons. The predicted molar refractivity (Wildman–Crippen MR) is 148 cm³/mol. The third-order valence-electron chi connectivity index (χ3n) is 7.01. The minimum atomic E-state index is -0.0570. The third-order valence-corrected chi connectivity index (χ3v) is 7.01. The first-order chi connectivity index (χ1) is 17.5. The molecule has 4 aromatic rings. The molecule has 0 atom stereocenters. The van der Waals surface area contributed by atoms with Gasteiger partial charge in [0, 0.05) is 43.3 Å². The third kappa shape index (κ3) is 4.94. The molecule has 6 heteroatoms. The van der Waals surface area contributed by atoms with Gasteiger partial charge < -0.3 is 20.3 Å². The van der Waals surface area contributed by atoms with Crippen molar-refractivity contribution in [1.82, 2.24) is 10.3 Å². The second-order valence-electron chi connectivity index (χ2n) is 9.70. The quantitative estimate of drug-likeness (QED) is 0.338. The zero-order valence-electron chi connectivity index (χ0n) is 21.3. The lowest BCUT2D eigenvalue weighted by atomic mass is 9.90. The van der Waals surface area contributed by atoms with Crippen molar-refractivity contribution in [2.24, 2.45) is 0 Å². The van der Waals surface area contributed by atoms with Crippen LogP contribution in [0, 0.1) is 0 Å². The second kappa shape index (κ2) is 10.4. The van der Waals surface area contributed by atoms with Crippen molar-refractivity contribution >= 4 is 39.1 Å². The van der Waals surface area contributed by atoms with Crippen LogP contribution in [-0.4, -0.2) is 43.7 Å². The van der Waals surface area contributed by atoms with Crippen molar-refractivity contribution in [3.05, 3.63) is 72.3 Å². The minimum absolute atomic E-state index is 0.0570. The van der Waals surface area contributed by atoms with Crippen LogP contribution >= 0.6 is 0 Å². The number of nitrogens with zero attached hydrogens (tertiary/aromatic N) is 2. The first kappa shape index (κ1) is 23.9. The normalized spacial score (nSPS) is 17.6. The molecule has 186 valence electrons. The highest BCUT2D eigenvalue weighted by Crippen LogP contribution is 2.31. The molecule has 0 aliphatic heterocycles. The molecule has 1 heterocycles. The fourth-order valence-corrected chi connectivity index (χ4v) is 5.21. The van der Waals surface area contributed by atoms with E-state index in [0.29, 0.717) is 24.0 Å². The summed E-state index contributed by atoms with van der Waals surface area (Å²) < 4.78 is 5.81. The van der Waals surface area contributed by atoms with E-state index in [9.17, 15) is 4.79 Å². The van der Waals surface area contributed by atoms with Crippen molar-refractivity contribution in [2.45, 2.75) is 44.7 Å². The van der Waals surface area contributed by atoms with Gasteiger partial charge in [-0.15, -0.1) is 0 Å². The van der Waals surface area contributed by atoms with Crippen LogP contribution < -0.4 is 20.3 Å². The van der Waals surface area contributed by atoms with Gasteiger partial charge in [0.05, 0.1) is 17.7 Å². The van der Waals surface area contributed by atoms with E-state index in [4.69, 9.17) is 9.72 Å². The number of anilines is 2. The lowest BCUT2D eigenvalue weighted by Crippen LogP contribution is -2.40. The number of aromatic nitrogens is 1. The molecule has 5 rings (SSSR count). The Balaban J connectivity index is 1.26. The number of hydrogen-bond donors (Lipinski definition) is 2. The first-order valence-corrected chi connectivity index (χ1v) is 12.8. The van der Waals surface area contributed by atoms with Gasteiger partial charge in [-0.2, -0.15) is 0 Å². The molecule has 1 fully saturated rings. The number of carbonyl (C=O) groups is 1. The lowest BCUT2D eigenvalue weighted by Gasteiger charge is -2.30. The van der Waals surface area contributed by atoms with Crippen molar-refractivity contribution in [2.75, 3.05) is 30.9 Å². The van der Waals surface area contributed by atoms with Crippen LogP contribution in [0.3, 0.4) is 0 Å². The molecule has 2 N–H and O–H groups in total. The van der Waals surface area contributed by atoms with Gasteiger partial charge in [0.25, 0.3) is 5.91 Å². The molecule has 1 aromatic heterocycles. The number of hydrogen-bond acceptors (Lipinski definition) is 5. The Morgan fingerprint density at radius 1 is 0.944 bits per heavy atom. The highest BCUT2D eigenvalue weighted by atomic mass is 16.5. The summed E-state index contributed by atoms with van der Waals surface area (Å²) in [6.07, 6.45) is 3.80. The molecule has 1 saturated carbocycles. The molecule has 3 aromatic carbocycles. The molecule has 1 amide bonds. The zero-order chi connectivity index (χ0) is 25.1. The van der Waals surface area contributed by atoms with Gasteiger partial charge in [-0.3, -0.25) is 4.79 Å². The summed E-state index contributed by atoms with van der Waals surface area (Å²) >= 11 is 0. The maximum Gasteiger partial charge on any atom is 0.255 e. The summed E-state index contributed by atoms with van der Waals surface area (Å²) in [6, 6.07) is 22.7. The molecule has 1 aliphatic carbocycles. The van der Waals surface area contributed by atoms with Crippen LogP contribution in [0.15, 0.2) is 66.7 Å². The van der Waals surface area contributed by atoms with Crippen LogP contribution in [-0.2, 0) is 0 Å². The van der Waals surface area contributed by atoms with E-state index in [1.807, 2.05) is 49.4 Å². The van der Waals surface area contributed by atoms with Gasteiger partial charge >= 0.3 is 0 Å². The molecule has 0 bridgehead atoms. The Morgan fingerprint density at radius 2 is 1.64 bits per heavy atom. The minimum Gasteiger partial charge on any atom is -0.493 e. The highest BCUT2D eigenvalue weighted by Gasteiger charge is 2.25. The summed E-state index contributed by atoms with van der Waals surface area (Å²) in [5.41, 5.74) is 2.78. The standard InChI is InChI=1S/C30H34N4O2/c1-4-36-27-18-13-20-9-5-6-10-23(20)29(27)30(35)32-22-16-14-21(15-17-22)31-28-19-26(34(2)3)24-11-7-8-12-25(24)33-28/h5-13,18-19,21-22H,4,14-17H2,1-3H3,(H,31,33)(H,32,35). The van der Waals surface area contributed by atoms with E-state index in [1.54, 1.807) is 0 Å². The number of carbonyl (C=O) groups excluding carboxylic acids is 1. The topological polar surface area (TPSA) is 66.5 Å². The molecule has 0 saturated heterocycles. The Bertz CT molecular complexity index is 1380. The highest BCUT2D eigenvalue weighted by molar-refractivity contribution is 6.09. The Kier molecular flexibility index (Phi) is 6.94. The number of benzene rings is 3. The maximum absolute atomic E-state index is 13.4. The molecule has 0 spiro atoms. The van der Waals surface area contributed by atoms with Crippen LogP contribution in [0.4, 0.5) is 11.5 Å². The number of fused-ring (bicyclic) bond motifs is 2. The SMILES string of the molecule is CCOc1ccc2ccccc2c1C(=O)NC1CCC(Nc2cc(N(C)C)c3ccccc3n2)CC1. The Labute approximate surface area is 212 Å². The van der Waals surface area contributed by atoms with Gasteiger partial charge in [-0.1, -0.05) is 48.5 Å². The molecule has 1 aliphatic rings. The summed E-state index contributed by atoms with van der Waals surface area (Å²) in [6.45, 7) is 2.46. The van der Waals surface area contributed by atoms with Crippen LogP contribution in [0.1, 0.15) is 43.0 Å². The van der Waals surface area contributed by atoms with Crippen LogP contribution in [0.25, 0.3) is 21.7 Å². The average Bonchev–Trinajstić information content (AvgIpc) is 2.89. The molecule has 36 heavy (non-hydrogen) atoms.